The number of benzene rings is 2. The van der Waals surface area contributed by atoms with Gasteiger partial charge in [0, 0.05) is 26.1 Å². The third-order valence-corrected chi connectivity index (χ3v) is 7.12. The van der Waals surface area contributed by atoms with Crippen molar-refractivity contribution in [3.05, 3.63) is 64.7 Å². The molecular formula is C26H37N3O4S. The van der Waals surface area contributed by atoms with E-state index in [9.17, 15) is 18.0 Å². The minimum Gasteiger partial charge on any atom is -0.355 e. The normalized spacial score (nSPS) is 12.2. The van der Waals surface area contributed by atoms with Crippen LogP contribution in [0.15, 0.2) is 42.5 Å². The number of hydrogen-bond acceptors (Lipinski definition) is 4. The molecule has 34 heavy (non-hydrogen) atoms. The Morgan fingerprint density at radius 2 is 1.65 bits per heavy atom. The maximum atomic E-state index is 13.2. The Hall–Kier alpha value is -2.87. The quantitative estimate of drug-likeness (QED) is 0.523. The van der Waals surface area contributed by atoms with Crippen molar-refractivity contribution in [2.45, 2.75) is 60.0 Å². The van der Waals surface area contributed by atoms with Crippen LogP contribution >= 0.6 is 0 Å². The SMILES string of the molecule is CCNC(=O)C(C)N(Cc1ccc(C)cc1)C(=O)CCCN(c1ccc(C)c(C)c1)S(C)(=O)=O. The summed E-state index contributed by atoms with van der Waals surface area (Å²) in [4.78, 5) is 27.3. The summed E-state index contributed by atoms with van der Waals surface area (Å²) in [7, 11) is -3.51. The largest absolute Gasteiger partial charge is 0.355 e. The van der Waals surface area contributed by atoms with Gasteiger partial charge < -0.3 is 10.2 Å². The molecule has 0 radical (unpaired) electrons. The van der Waals surface area contributed by atoms with Crippen LogP contribution in [0.3, 0.4) is 0 Å². The lowest BCUT2D eigenvalue weighted by molar-refractivity contribution is -0.140. The van der Waals surface area contributed by atoms with Crippen LogP contribution in [0.1, 0.15) is 48.9 Å². The molecule has 1 unspecified atom stereocenters. The number of hydrogen-bond donors (Lipinski definition) is 1. The first-order chi connectivity index (χ1) is 15.9. The van der Waals surface area contributed by atoms with Crippen LogP contribution < -0.4 is 9.62 Å². The lowest BCUT2D eigenvalue weighted by Gasteiger charge is -2.29. The van der Waals surface area contributed by atoms with Crippen molar-refractivity contribution in [3.63, 3.8) is 0 Å². The lowest BCUT2D eigenvalue weighted by Crippen LogP contribution is -2.47. The Morgan fingerprint density at radius 1 is 1.00 bits per heavy atom. The lowest BCUT2D eigenvalue weighted by atomic mass is 10.1. The van der Waals surface area contributed by atoms with E-state index in [4.69, 9.17) is 0 Å². The molecule has 1 atom stereocenters. The minimum atomic E-state index is -3.51. The van der Waals surface area contributed by atoms with Crippen LogP contribution in [-0.4, -0.2) is 50.5 Å². The highest BCUT2D eigenvalue weighted by Gasteiger charge is 2.26. The molecule has 2 rings (SSSR count). The fraction of sp³-hybridized carbons (Fsp3) is 0.462. The van der Waals surface area contributed by atoms with E-state index in [-0.39, 0.29) is 24.8 Å². The van der Waals surface area contributed by atoms with Crippen LogP contribution in [0.5, 0.6) is 0 Å². The van der Waals surface area contributed by atoms with Gasteiger partial charge in [0.25, 0.3) is 0 Å². The van der Waals surface area contributed by atoms with Gasteiger partial charge in [0.2, 0.25) is 21.8 Å². The van der Waals surface area contributed by atoms with Crippen molar-refractivity contribution in [2.75, 3.05) is 23.7 Å². The van der Waals surface area contributed by atoms with E-state index in [1.807, 2.05) is 64.1 Å². The van der Waals surface area contributed by atoms with Crippen LogP contribution in [0, 0.1) is 20.8 Å². The highest BCUT2D eigenvalue weighted by molar-refractivity contribution is 7.92. The van der Waals surface area contributed by atoms with Gasteiger partial charge in [-0.25, -0.2) is 8.42 Å². The molecule has 2 aromatic rings. The van der Waals surface area contributed by atoms with Gasteiger partial charge in [-0.1, -0.05) is 35.9 Å². The molecule has 7 nitrogen and oxygen atoms in total. The van der Waals surface area contributed by atoms with Crippen molar-refractivity contribution >= 4 is 27.5 Å². The van der Waals surface area contributed by atoms with Crippen LogP contribution in [0.25, 0.3) is 0 Å². The third kappa shape index (κ3) is 7.58. The molecule has 0 bridgehead atoms. The zero-order valence-electron chi connectivity index (χ0n) is 21.1. The van der Waals surface area contributed by atoms with E-state index in [0.29, 0.717) is 25.2 Å². The maximum absolute atomic E-state index is 13.2. The van der Waals surface area contributed by atoms with Gasteiger partial charge in [0.1, 0.15) is 6.04 Å². The first-order valence-corrected chi connectivity index (χ1v) is 13.5. The van der Waals surface area contributed by atoms with E-state index in [2.05, 4.69) is 5.32 Å². The molecule has 0 saturated heterocycles. The third-order valence-electron chi connectivity index (χ3n) is 5.92. The number of anilines is 1. The number of likely N-dealkylation sites (N-methyl/N-ethyl adjacent to an activating group) is 1. The van der Waals surface area contributed by atoms with Gasteiger partial charge in [-0.05, 0) is 69.9 Å². The number of amides is 2. The summed E-state index contributed by atoms with van der Waals surface area (Å²) in [5, 5.41) is 2.78. The van der Waals surface area contributed by atoms with Crippen LogP contribution in [0.4, 0.5) is 5.69 Å². The number of carbonyl (C=O) groups is 2. The monoisotopic (exact) mass is 487 g/mol. The molecule has 0 saturated carbocycles. The zero-order valence-corrected chi connectivity index (χ0v) is 21.9. The van der Waals surface area contributed by atoms with Gasteiger partial charge in [-0.3, -0.25) is 13.9 Å². The second-order valence-corrected chi connectivity index (χ2v) is 10.7. The fourth-order valence-electron chi connectivity index (χ4n) is 3.68. The Morgan fingerprint density at radius 3 is 2.21 bits per heavy atom. The van der Waals surface area contributed by atoms with Crippen LogP contribution in [-0.2, 0) is 26.2 Å². The Kier molecular flexibility index (Phi) is 9.67. The van der Waals surface area contributed by atoms with Gasteiger partial charge >= 0.3 is 0 Å². The highest BCUT2D eigenvalue weighted by atomic mass is 32.2. The molecule has 0 heterocycles. The van der Waals surface area contributed by atoms with Gasteiger partial charge in [0.15, 0.2) is 0 Å². The first kappa shape index (κ1) is 27.4. The van der Waals surface area contributed by atoms with Crippen molar-refractivity contribution < 1.29 is 18.0 Å². The topological polar surface area (TPSA) is 86.8 Å². The summed E-state index contributed by atoms with van der Waals surface area (Å²) in [6.45, 7) is 10.4. The summed E-state index contributed by atoms with van der Waals surface area (Å²) < 4.78 is 26.2. The van der Waals surface area contributed by atoms with Crippen LogP contribution in [0.2, 0.25) is 0 Å². The van der Waals surface area contributed by atoms with Crippen molar-refractivity contribution in [1.29, 1.82) is 0 Å². The van der Waals surface area contributed by atoms with E-state index in [1.165, 1.54) is 10.6 Å². The average molecular weight is 488 g/mol. The van der Waals surface area contributed by atoms with Gasteiger partial charge in [0.05, 0.1) is 11.9 Å². The molecule has 1 N–H and O–H groups in total. The molecule has 0 aliphatic rings. The van der Waals surface area contributed by atoms with E-state index in [1.54, 1.807) is 17.9 Å². The standard InChI is InChI=1S/C26H37N3O4S/c1-7-27-26(31)22(5)28(18-23-13-10-19(2)11-14-23)25(30)9-8-16-29(34(6,32)33)24-15-12-20(3)21(4)17-24/h10-15,17,22H,7-9,16,18H2,1-6H3,(H,27,31). The van der Waals surface area contributed by atoms with E-state index < -0.39 is 16.1 Å². The van der Waals surface area contributed by atoms with E-state index >= 15 is 0 Å². The maximum Gasteiger partial charge on any atom is 0.242 e. The molecule has 2 amide bonds. The Balaban J connectivity index is 2.16. The molecule has 2 aromatic carbocycles. The summed E-state index contributed by atoms with van der Waals surface area (Å²) in [5.41, 5.74) is 4.72. The van der Waals surface area contributed by atoms with Crippen molar-refractivity contribution in [2.24, 2.45) is 0 Å². The number of sulfonamides is 1. The molecule has 0 spiro atoms. The van der Waals surface area contributed by atoms with Crippen molar-refractivity contribution in [1.82, 2.24) is 10.2 Å². The number of nitrogens with one attached hydrogen (secondary N) is 1. The molecule has 0 fully saturated rings. The number of rotatable bonds is 11. The Labute approximate surface area is 204 Å². The highest BCUT2D eigenvalue weighted by Crippen LogP contribution is 2.22. The summed E-state index contributed by atoms with van der Waals surface area (Å²) >= 11 is 0. The van der Waals surface area contributed by atoms with Gasteiger partial charge in [-0.2, -0.15) is 0 Å². The second kappa shape index (κ2) is 12.0. The molecule has 0 aliphatic carbocycles. The zero-order chi connectivity index (χ0) is 25.5. The molecule has 0 aromatic heterocycles. The minimum absolute atomic E-state index is 0.131. The smallest absolute Gasteiger partial charge is 0.242 e. The Bertz CT molecular complexity index is 1100. The predicted molar refractivity (Wildman–Crippen MR) is 137 cm³/mol. The number of carbonyl (C=O) groups excluding carboxylic acids is 2. The number of nitrogens with zero attached hydrogens (tertiary/aromatic N) is 2. The summed E-state index contributed by atoms with van der Waals surface area (Å²) in [6.07, 6.45) is 1.64. The predicted octanol–water partition coefficient (Wildman–Crippen LogP) is 3.71. The average Bonchev–Trinajstić information content (AvgIpc) is 2.77. The summed E-state index contributed by atoms with van der Waals surface area (Å²) in [5.74, 6) is -0.399. The molecule has 186 valence electrons. The molecule has 8 heteroatoms. The molecule has 0 aliphatic heterocycles. The fourth-order valence-corrected chi connectivity index (χ4v) is 4.64. The molecular weight excluding hydrogens is 450 g/mol. The van der Waals surface area contributed by atoms with Crippen molar-refractivity contribution in [3.8, 4) is 0 Å². The first-order valence-electron chi connectivity index (χ1n) is 11.6. The van der Waals surface area contributed by atoms with Gasteiger partial charge in [-0.15, -0.1) is 0 Å². The second-order valence-electron chi connectivity index (χ2n) is 8.79. The van der Waals surface area contributed by atoms with E-state index in [0.717, 1.165) is 22.3 Å². The number of aryl methyl sites for hydroxylation is 3. The summed E-state index contributed by atoms with van der Waals surface area (Å²) in [6, 6.07) is 12.7.